The first kappa shape index (κ1) is 13.7. The molecule has 0 N–H and O–H groups in total. The molecule has 108 valence electrons. The number of nitrogens with zero attached hydrogens (tertiary/aromatic N) is 3. The highest BCUT2D eigenvalue weighted by molar-refractivity contribution is 6.29. The molecule has 3 rings (SSSR count). The van der Waals surface area contributed by atoms with Gasteiger partial charge in [0, 0.05) is 24.1 Å². The average Bonchev–Trinajstić information content (AvgIpc) is 3.21. The summed E-state index contributed by atoms with van der Waals surface area (Å²) in [6, 6.07) is 4.30. The van der Waals surface area contributed by atoms with Crippen LogP contribution in [0.15, 0.2) is 24.3 Å². The Kier molecular flexibility index (Phi) is 3.42. The molecule has 0 atom stereocenters. The van der Waals surface area contributed by atoms with Crippen LogP contribution < -0.4 is 4.74 Å². The second kappa shape index (κ2) is 5.25. The lowest BCUT2D eigenvalue weighted by Gasteiger charge is -2.07. The number of benzene rings is 1. The summed E-state index contributed by atoms with van der Waals surface area (Å²) in [6.07, 6.45) is 1.94. The van der Waals surface area contributed by atoms with Gasteiger partial charge in [0.2, 0.25) is 11.6 Å². The summed E-state index contributed by atoms with van der Waals surface area (Å²) in [5.41, 5.74) is -0.348. The molecule has 1 saturated carbocycles. The SMILES string of the molecule is O=[N+]([O-])c1ccc(F)cc1Oc1cc(Cl)nc(C2CC2)n1. The molecule has 1 aromatic carbocycles. The van der Waals surface area contributed by atoms with Crippen molar-refractivity contribution in [3.8, 4) is 11.6 Å². The summed E-state index contributed by atoms with van der Waals surface area (Å²) in [5.74, 6) is -0.0228. The summed E-state index contributed by atoms with van der Waals surface area (Å²) in [5, 5.41) is 11.1. The van der Waals surface area contributed by atoms with E-state index in [0.29, 0.717) is 5.82 Å². The Hall–Kier alpha value is -2.28. The van der Waals surface area contributed by atoms with E-state index in [1.165, 1.54) is 6.07 Å². The van der Waals surface area contributed by atoms with Gasteiger partial charge in [-0.2, -0.15) is 4.98 Å². The van der Waals surface area contributed by atoms with Crippen molar-refractivity contribution in [2.24, 2.45) is 0 Å². The van der Waals surface area contributed by atoms with Crippen molar-refractivity contribution in [1.82, 2.24) is 9.97 Å². The molecule has 21 heavy (non-hydrogen) atoms. The zero-order valence-electron chi connectivity index (χ0n) is 10.6. The van der Waals surface area contributed by atoms with Crippen LogP contribution in [-0.4, -0.2) is 14.9 Å². The Bertz CT molecular complexity index is 722. The lowest BCUT2D eigenvalue weighted by molar-refractivity contribution is -0.385. The molecule has 0 saturated heterocycles. The molecule has 1 aromatic heterocycles. The van der Waals surface area contributed by atoms with Gasteiger partial charge in [0.1, 0.15) is 16.8 Å². The molecule has 0 bridgehead atoms. The van der Waals surface area contributed by atoms with Crippen LogP contribution in [0.1, 0.15) is 24.6 Å². The van der Waals surface area contributed by atoms with Crippen LogP contribution in [0.5, 0.6) is 11.6 Å². The lowest BCUT2D eigenvalue weighted by atomic mass is 10.3. The summed E-state index contributed by atoms with van der Waals surface area (Å²) in [7, 11) is 0. The minimum Gasteiger partial charge on any atom is -0.432 e. The highest BCUT2D eigenvalue weighted by atomic mass is 35.5. The van der Waals surface area contributed by atoms with Crippen LogP contribution >= 0.6 is 11.6 Å². The molecule has 2 aromatic rings. The van der Waals surface area contributed by atoms with E-state index in [2.05, 4.69) is 9.97 Å². The third-order valence-electron chi connectivity index (χ3n) is 2.96. The molecule has 1 heterocycles. The first-order valence-corrected chi connectivity index (χ1v) is 6.57. The third kappa shape index (κ3) is 3.08. The summed E-state index contributed by atoms with van der Waals surface area (Å²) in [4.78, 5) is 18.5. The van der Waals surface area contributed by atoms with E-state index in [9.17, 15) is 14.5 Å². The van der Waals surface area contributed by atoms with Crippen molar-refractivity contribution in [2.75, 3.05) is 0 Å². The molecule has 1 aliphatic carbocycles. The fourth-order valence-electron chi connectivity index (χ4n) is 1.82. The van der Waals surface area contributed by atoms with Gasteiger partial charge in [0.25, 0.3) is 0 Å². The second-order valence-electron chi connectivity index (χ2n) is 4.63. The first-order valence-electron chi connectivity index (χ1n) is 6.19. The zero-order valence-corrected chi connectivity index (χ0v) is 11.4. The molecule has 1 aliphatic rings. The van der Waals surface area contributed by atoms with Crippen LogP contribution in [-0.2, 0) is 0 Å². The van der Waals surface area contributed by atoms with Crippen molar-refractivity contribution in [2.45, 2.75) is 18.8 Å². The molecule has 1 fully saturated rings. The van der Waals surface area contributed by atoms with Crippen molar-refractivity contribution in [1.29, 1.82) is 0 Å². The maximum Gasteiger partial charge on any atom is 0.311 e. The topological polar surface area (TPSA) is 78.2 Å². The summed E-state index contributed by atoms with van der Waals surface area (Å²) < 4.78 is 18.6. The first-order chi connectivity index (χ1) is 10.0. The van der Waals surface area contributed by atoms with Crippen molar-refractivity contribution in [3.63, 3.8) is 0 Å². The van der Waals surface area contributed by atoms with E-state index in [4.69, 9.17) is 16.3 Å². The monoisotopic (exact) mass is 309 g/mol. The van der Waals surface area contributed by atoms with Gasteiger partial charge in [0.05, 0.1) is 4.92 Å². The molecule has 0 radical (unpaired) electrons. The van der Waals surface area contributed by atoms with E-state index in [1.54, 1.807) is 0 Å². The number of nitro groups is 1. The number of rotatable bonds is 4. The van der Waals surface area contributed by atoms with Crippen LogP contribution in [0.2, 0.25) is 5.15 Å². The molecule has 0 unspecified atom stereocenters. The predicted molar refractivity (Wildman–Crippen MR) is 72.1 cm³/mol. The van der Waals surface area contributed by atoms with E-state index >= 15 is 0 Å². The van der Waals surface area contributed by atoms with Gasteiger partial charge >= 0.3 is 5.69 Å². The van der Waals surface area contributed by atoms with Gasteiger partial charge in [-0.15, -0.1) is 0 Å². The smallest absolute Gasteiger partial charge is 0.311 e. The number of aromatic nitrogens is 2. The Labute approximate surface area is 123 Å². The molecule has 0 amide bonds. The van der Waals surface area contributed by atoms with Gasteiger partial charge < -0.3 is 4.74 Å². The fourth-order valence-corrected chi connectivity index (χ4v) is 2.00. The van der Waals surface area contributed by atoms with Gasteiger partial charge in [-0.1, -0.05) is 11.6 Å². The van der Waals surface area contributed by atoms with Gasteiger partial charge in [-0.25, -0.2) is 9.37 Å². The molecular weight excluding hydrogens is 301 g/mol. The maximum absolute atomic E-state index is 13.2. The molecule has 0 aliphatic heterocycles. The summed E-state index contributed by atoms with van der Waals surface area (Å²) >= 11 is 5.88. The maximum atomic E-state index is 13.2. The highest BCUT2D eigenvalue weighted by Gasteiger charge is 2.28. The zero-order chi connectivity index (χ0) is 15.0. The Morgan fingerprint density at radius 1 is 1.33 bits per heavy atom. The Balaban J connectivity index is 1.96. The minimum atomic E-state index is -0.653. The average molecular weight is 310 g/mol. The number of nitro benzene ring substituents is 1. The third-order valence-corrected chi connectivity index (χ3v) is 3.16. The normalized spacial score (nSPS) is 14.0. The van der Waals surface area contributed by atoms with Gasteiger partial charge in [0.15, 0.2) is 0 Å². The standard InChI is InChI=1S/C13H9ClFN3O3/c14-11-6-12(17-13(16-11)7-1-2-7)21-10-5-8(15)3-4-9(10)18(19)20/h3-7H,1-2H2. The van der Waals surface area contributed by atoms with Crippen LogP contribution in [0.4, 0.5) is 10.1 Å². The minimum absolute atomic E-state index is 0.0607. The number of halogens is 2. The van der Waals surface area contributed by atoms with Crippen LogP contribution in [0, 0.1) is 15.9 Å². The van der Waals surface area contributed by atoms with E-state index in [0.717, 1.165) is 31.0 Å². The Morgan fingerprint density at radius 2 is 2.10 bits per heavy atom. The van der Waals surface area contributed by atoms with E-state index < -0.39 is 10.7 Å². The number of hydrogen-bond acceptors (Lipinski definition) is 5. The van der Waals surface area contributed by atoms with E-state index in [-0.39, 0.29) is 28.4 Å². The lowest BCUT2D eigenvalue weighted by Crippen LogP contribution is -1.99. The van der Waals surface area contributed by atoms with Crippen LogP contribution in [0.25, 0.3) is 0 Å². The van der Waals surface area contributed by atoms with Crippen molar-refractivity contribution < 1.29 is 14.1 Å². The fraction of sp³-hybridized carbons (Fsp3) is 0.231. The summed E-state index contributed by atoms with van der Waals surface area (Å²) in [6.45, 7) is 0. The highest BCUT2D eigenvalue weighted by Crippen LogP contribution is 2.40. The molecule has 6 nitrogen and oxygen atoms in total. The largest absolute Gasteiger partial charge is 0.432 e. The Morgan fingerprint density at radius 3 is 2.76 bits per heavy atom. The number of ether oxygens (including phenoxy) is 1. The van der Waals surface area contributed by atoms with Crippen LogP contribution in [0.3, 0.4) is 0 Å². The molecular formula is C13H9ClFN3O3. The number of hydrogen-bond donors (Lipinski definition) is 0. The van der Waals surface area contributed by atoms with Gasteiger partial charge in [-0.3, -0.25) is 10.1 Å². The van der Waals surface area contributed by atoms with Crippen molar-refractivity contribution >= 4 is 17.3 Å². The quantitative estimate of drug-likeness (QED) is 0.487. The molecule has 8 heteroatoms. The molecule has 0 spiro atoms. The second-order valence-corrected chi connectivity index (χ2v) is 5.02. The van der Waals surface area contributed by atoms with Gasteiger partial charge in [-0.05, 0) is 18.9 Å². The van der Waals surface area contributed by atoms with E-state index in [1.807, 2.05) is 0 Å². The van der Waals surface area contributed by atoms with Crippen molar-refractivity contribution in [3.05, 3.63) is 51.2 Å². The predicted octanol–water partition coefficient (Wildman–Crippen LogP) is 3.85.